The minimum atomic E-state index is -4.55. The summed E-state index contributed by atoms with van der Waals surface area (Å²) in [7, 11) is -3.46. The molecule has 1 aliphatic rings. The number of ether oxygens (including phenoxy) is 2. The van der Waals surface area contributed by atoms with Gasteiger partial charge >= 0.3 is 12.3 Å². The number of hydrogen-bond donors (Lipinski definition) is 3. The van der Waals surface area contributed by atoms with E-state index in [9.17, 15) is 40.0 Å². The summed E-state index contributed by atoms with van der Waals surface area (Å²) in [6, 6.07) is 15.6. The molecule has 2 amide bonds. The fraction of sp³-hybridized carbons (Fsp3) is 0.375. The summed E-state index contributed by atoms with van der Waals surface area (Å²) < 4.78 is 100. The maximum atomic E-state index is 15.0. The zero-order valence-corrected chi connectivity index (χ0v) is 26.1. The van der Waals surface area contributed by atoms with Crippen molar-refractivity contribution in [3.05, 3.63) is 95.1 Å². The Morgan fingerprint density at radius 1 is 1.04 bits per heavy atom. The number of carbonyl (C=O) groups is 2. The third kappa shape index (κ3) is 11.0. The summed E-state index contributed by atoms with van der Waals surface area (Å²) in [6.45, 7) is -1.31. The van der Waals surface area contributed by atoms with Gasteiger partial charge in [-0.3, -0.25) is 4.79 Å². The smallest absolute Gasteiger partial charge is 0.407 e. The van der Waals surface area contributed by atoms with Crippen LogP contribution in [0.3, 0.4) is 0 Å². The second-order valence-electron chi connectivity index (χ2n) is 11.1. The van der Waals surface area contributed by atoms with Crippen molar-refractivity contribution in [3.8, 4) is 0 Å². The standard InChI is InChI=1S/C32H34F5N3O6S/c1-47(43,44)25-11-8-20(9-12-25)27(21-4-2-5-22(33)14-21)15-30(41)40-29-7-3-6-28(34)26(29)13-10-24-16-38-23(17-45-24)18-46-31(42)39-19-32(35,36)37/h2-9,11-12,14,23-24,27,38H,10,13,15-19H2,1H3,(H,39,42)(H,40,41)/t23-,24+,27+/m0/s1. The summed E-state index contributed by atoms with van der Waals surface area (Å²) in [5.41, 5.74) is 1.58. The molecule has 254 valence electrons. The number of hydrogen-bond acceptors (Lipinski definition) is 7. The van der Waals surface area contributed by atoms with E-state index in [0.29, 0.717) is 24.1 Å². The highest BCUT2D eigenvalue weighted by molar-refractivity contribution is 7.90. The van der Waals surface area contributed by atoms with Gasteiger partial charge in [0.15, 0.2) is 9.84 Å². The van der Waals surface area contributed by atoms with Crippen molar-refractivity contribution in [1.29, 1.82) is 0 Å². The lowest BCUT2D eigenvalue weighted by Crippen LogP contribution is -2.49. The van der Waals surface area contributed by atoms with E-state index in [2.05, 4.69) is 10.6 Å². The summed E-state index contributed by atoms with van der Waals surface area (Å²) in [5, 5.41) is 7.46. The minimum Gasteiger partial charge on any atom is -0.448 e. The van der Waals surface area contributed by atoms with Crippen molar-refractivity contribution >= 4 is 27.5 Å². The second kappa shape index (κ2) is 15.7. The molecule has 3 atom stereocenters. The van der Waals surface area contributed by atoms with Gasteiger partial charge in [0.25, 0.3) is 0 Å². The lowest BCUT2D eigenvalue weighted by atomic mass is 9.88. The first-order chi connectivity index (χ1) is 22.2. The molecule has 0 radical (unpaired) electrons. The van der Waals surface area contributed by atoms with E-state index in [-0.39, 0.29) is 48.3 Å². The number of rotatable bonds is 12. The highest BCUT2D eigenvalue weighted by Gasteiger charge is 2.29. The highest BCUT2D eigenvalue weighted by Crippen LogP contribution is 2.31. The molecule has 0 bridgehead atoms. The first kappa shape index (κ1) is 35.8. The number of anilines is 1. The molecule has 1 saturated heterocycles. The van der Waals surface area contributed by atoms with Crippen molar-refractivity contribution in [2.24, 2.45) is 0 Å². The molecule has 0 saturated carbocycles. The zero-order valence-electron chi connectivity index (χ0n) is 25.3. The molecule has 3 N–H and O–H groups in total. The number of alkyl halides is 3. The van der Waals surface area contributed by atoms with Gasteiger partial charge in [-0.25, -0.2) is 22.0 Å². The molecule has 9 nitrogen and oxygen atoms in total. The minimum absolute atomic E-state index is 0.0985. The van der Waals surface area contributed by atoms with Gasteiger partial charge in [-0.15, -0.1) is 0 Å². The van der Waals surface area contributed by atoms with E-state index in [0.717, 1.165) is 6.26 Å². The van der Waals surface area contributed by atoms with E-state index >= 15 is 0 Å². The van der Waals surface area contributed by atoms with Crippen molar-refractivity contribution in [2.75, 3.05) is 37.9 Å². The maximum Gasteiger partial charge on any atom is 0.407 e. The van der Waals surface area contributed by atoms with Crippen LogP contribution in [0.15, 0.2) is 71.6 Å². The second-order valence-corrected chi connectivity index (χ2v) is 13.1. The molecular formula is C32H34F5N3O6S. The lowest BCUT2D eigenvalue weighted by molar-refractivity contribution is -0.124. The van der Waals surface area contributed by atoms with Gasteiger partial charge < -0.3 is 25.4 Å². The summed E-state index contributed by atoms with van der Waals surface area (Å²) >= 11 is 0. The van der Waals surface area contributed by atoms with Crippen molar-refractivity contribution in [3.63, 3.8) is 0 Å². The molecule has 15 heteroatoms. The van der Waals surface area contributed by atoms with Crippen molar-refractivity contribution in [2.45, 2.75) is 48.4 Å². The van der Waals surface area contributed by atoms with E-state index < -0.39 is 58.2 Å². The molecule has 0 aliphatic carbocycles. The predicted molar refractivity (Wildman–Crippen MR) is 163 cm³/mol. The van der Waals surface area contributed by atoms with Crippen LogP contribution in [0.1, 0.15) is 35.4 Å². The summed E-state index contributed by atoms with van der Waals surface area (Å²) in [6.07, 6.45) is -4.64. The zero-order chi connectivity index (χ0) is 34.2. The molecule has 1 aliphatic heterocycles. The van der Waals surface area contributed by atoms with Crippen molar-refractivity contribution in [1.82, 2.24) is 10.6 Å². The van der Waals surface area contributed by atoms with E-state index in [1.165, 1.54) is 42.5 Å². The third-order valence-electron chi connectivity index (χ3n) is 7.48. The van der Waals surface area contributed by atoms with Crippen LogP contribution in [-0.2, 0) is 30.5 Å². The van der Waals surface area contributed by atoms with Crippen LogP contribution in [0.2, 0.25) is 0 Å². The average Bonchev–Trinajstić information content (AvgIpc) is 3.01. The normalized spacial score (nSPS) is 17.5. The molecule has 1 heterocycles. The molecule has 3 aromatic rings. The van der Waals surface area contributed by atoms with Crippen LogP contribution < -0.4 is 16.0 Å². The SMILES string of the molecule is CS(=O)(=O)c1ccc([C@@H](CC(=O)Nc2cccc(F)c2CC[C@@H]2CN[C@H](COC(=O)NCC(F)(F)F)CO2)c2cccc(F)c2)cc1. The van der Waals surface area contributed by atoms with Gasteiger partial charge in [-0.1, -0.05) is 30.3 Å². The molecule has 4 rings (SSSR count). The molecule has 1 fully saturated rings. The fourth-order valence-electron chi connectivity index (χ4n) is 5.08. The first-order valence-electron chi connectivity index (χ1n) is 14.6. The Bertz CT molecular complexity index is 1650. The molecule has 3 aromatic carbocycles. The Hall–Kier alpha value is -4.08. The first-order valence-corrected chi connectivity index (χ1v) is 16.5. The quantitative estimate of drug-likeness (QED) is 0.227. The topological polar surface area (TPSA) is 123 Å². The Morgan fingerprint density at radius 2 is 1.77 bits per heavy atom. The number of halogens is 5. The van der Waals surface area contributed by atoms with Crippen LogP contribution in [0.5, 0.6) is 0 Å². The molecule has 47 heavy (non-hydrogen) atoms. The largest absolute Gasteiger partial charge is 0.448 e. The number of morpholine rings is 1. The molecular weight excluding hydrogens is 649 g/mol. The van der Waals surface area contributed by atoms with Crippen LogP contribution in [0, 0.1) is 11.6 Å². The Morgan fingerprint density at radius 3 is 2.40 bits per heavy atom. The number of benzene rings is 3. The average molecular weight is 684 g/mol. The van der Waals surface area contributed by atoms with E-state index in [4.69, 9.17) is 9.47 Å². The molecule has 0 spiro atoms. The van der Waals surface area contributed by atoms with Crippen LogP contribution >= 0.6 is 0 Å². The Kier molecular flexibility index (Phi) is 11.9. The Labute approximate surface area is 268 Å². The van der Waals surface area contributed by atoms with Crippen molar-refractivity contribution < 1.29 is 49.4 Å². The van der Waals surface area contributed by atoms with E-state index in [1.807, 2.05) is 0 Å². The Balaban J connectivity index is 1.36. The van der Waals surface area contributed by atoms with Gasteiger partial charge in [0, 0.05) is 36.4 Å². The van der Waals surface area contributed by atoms with Gasteiger partial charge in [0.2, 0.25) is 5.91 Å². The number of nitrogens with one attached hydrogen (secondary N) is 3. The van der Waals surface area contributed by atoms with Gasteiger partial charge in [0.1, 0.15) is 24.8 Å². The number of alkyl carbamates (subject to hydrolysis) is 1. The fourth-order valence-corrected chi connectivity index (χ4v) is 5.71. The lowest BCUT2D eigenvalue weighted by Gasteiger charge is -2.30. The van der Waals surface area contributed by atoms with Gasteiger partial charge in [-0.2, -0.15) is 13.2 Å². The highest BCUT2D eigenvalue weighted by atomic mass is 32.2. The van der Waals surface area contributed by atoms with Crippen LogP contribution in [-0.4, -0.2) is 71.3 Å². The van der Waals surface area contributed by atoms with Crippen LogP contribution in [0.25, 0.3) is 0 Å². The summed E-state index contributed by atoms with van der Waals surface area (Å²) in [5.74, 6) is -2.15. The van der Waals surface area contributed by atoms with Crippen LogP contribution in [0.4, 0.5) is 32.4 Å². The predicted octanol–water partition coefficient (Wildman–Crippen LogP) is 5.11. The number of amides is 2. The number of sulfone groups is 1. The molecule has 0 unspecified atom stereocenters. The van der Waals surface area contributed by atoms with Gasteiger partial charge in [0.05, 0.1) is 23.6 Å². The maximum absolute atomic E-state index is 15.0. The third-order valence-corrected chi connectivity index (χ3v) is 8.61. The van der Waals surface area contributed by atoms with E-state index in [1.54, 1.807) is 29.6 Å². The number of carbonyl (C=O) groups excluding carboxylic acids is 2. The monoisotopic (exact) mass is 683 g/mol. The van der Waals surface area contributed by atoms with Gasteiger partial charge in [-0.05, 0) is 60.4 Å². The molecule has 0 aromatic heterocycles. The summed E-state index contributed by atoms with van der Waals surface area (Å²) in [4.78, 5) is 24.9.